The average molecular weight is 740 g/mol. The monoisotopic (exact) mass is 738 g/mol. The molecule has 3 aromatic rings. The van der Waals surface area contributed by atoms with E-state index in [9.17, 15) is 14.3 Å². The van der Waals surface area contributed by atoms with E-state index in [0.717, 1.165) is 69.5 Å². The minimum atomic E-state index is -0.766. The summed E-state index contributed by atoms with van der Waals surface area (Å²) in [5.41, 5.74) is 6.34. The lowest BCUT2D eigenvalue weighted by Gasteiger charge is -2.35. The number of carbonyl (C=O) groups is 1. The number of hydrogen-bond donors (Lipinski definition) is 1. The van der Waals surface area contributed by atoms with Crippen LogP contribution < -0.4 is 0 Å². The highest BCUT2D eigenvalue weighted by Gasteiger charge is 2.42. The molecular formula is C39H58Cl3FN4O2. The van der Waals surface area contributed by atoms with Crippen molar-refractivity contribution in [3.63, 3.8) is 0 Å². The van der Waals surface area contributed by atoms with Crippen LogP contribution in [-0.4, -0.2) is 69.4 Å². The summed E-state index contributed by atoms with van der Waals surface area (Å²) < 4.78 is 16.6. The number of carboxylic acid groups (broad SMARTS) is 1. The van der Waals surface area contributed by atoms with Crippen molar-refractivity contribution in [2.45, 2.75) is 110 Å². The van der Waals surface area contributed by atoms with Crippen molar-refractivity contribution in [1.29, 1.82) is 0 Å². The fraction of sp³-hybridized carbons (Fsp3) is 0.590. The zero-order chi connectivity index (χ0) is 33.2. The molecule has 274 valence electrons. The Morgan fingerprint density at radius 1 is 1.02 bits per heavy atom. The van der Waals surface area contributed by atoms with Gasteiger partial charge in [-0.1, -0.05) is 71.0 Å². The molecule has 1 saturated carbocycles. The molecule has 2 heterocycles. The largest absolute Gasteiger partial charge is 0.480 e. The van der Waals surface area contributed by atoms with Crippen LogP contribution in [-0.2, 0) is 23.2 Å². The Kier molecular flexibility index (Phi) is 16.1. The third kappa shape index (κ3) is 10.4. The molecular weight excluding hydrogens is 682 g/mol. The van der Waals surface area contributed by atoms with Gasteiger partial charge in [0.15, 0.2) is 0 Å². The van der Waals surface area contributed by atoms with E-state index in [-0.39, 0.29) is 66.3 Å². The Hall–Kier alpha value is -2.16. The second kappa shape index (κ2) is 18.4. The summed E-state index contributed by atoms with van der Waals surface area (Å²) in [5.74, 6) is 0.101. The van der Waals surface area contributed by atoms with Crippen molar-refractivity contribution in [3.05, 3.63) is 88.5 Å². The molecule has 4 atom stereocenters. The van der Waals surface area contributed by atoms with E-state index in [4.69, 9.17) is 5.10 Å². The Morgan fingerprint density at radius 3 is 2.22 bits per heavy atom. The molecule has 2 aromatic carbocycles. The van der Waals surface area contributed by atoms with E-state index in [1.165, 1.54) is 22.9 Å². The van der Waals surface area contributed by atoms with Crippen LogP contribution in [0.25, 0.3) is 0 Å². The number of aliphatic carboxylic acids is 1. The first-order chi connectivity index (χ1) is 21.8. The fourth-order valence-corrected chi connectivity index (χ4v) is 8.16. The van der Waals surface area contributed by atoms with Crippen LogP contribution in [0.1, 0.15) is 107 Å². The standard InChI is InChI=1S/C39H55FN4O2.3ClH/c1-8-44-36(23-33(41-44)20-27-12-14-31(15-13-27)39(4,5)6)28-16-18-43(19-17-28)25-30-22-34(42(7)37(26(2)3)38(45)46)24-35(30)29-10-9-11-32(40)21-29;;;/h9-15,21,23,26,28,30,34-35,37H,8,16-20,22,24-25H2,1-7H3,(H,45,46);3*1H/t30?,34?,35?,37-;;;/m1.../s1. The predicted octanol–water partition coefficient (Wildman–Crippen LogP) is 8.98. The second-order valence-electron chi connectivity index (χ2n) is 15.3. The number of aromatic nitrogens is 2. The maximum atomic E-state index is 14.3. The Labute approximate surface area is 312 Å². The van der Waals surface area contributed by atoms with Crippen molar-refractivity contribution in [1.82, 2.24) is 19.6 Å². The van der Waals surface area contributed by atoms with Crippen molar-refractivity contribution >= 4 is 43.2 Å². The van der Waals surface area contributed by atoms with Crippen LogP contribution in [0, 0.1) is 17.7 Å². The van der Waals surface area contributed by atoms with Gasteiger partial charge in [-0.25, -0.2) is 4.39 Å². The smallest absolute Gasteiger partial charge is 0.321 e. The lowest BCUT2D eigenvalue weighted by molar-refractivity contribution is -0.145. The van der Waals surface area contributed by atoms with E-state index in [0.29, 0.717) is 11.8 Å². The molecule has 0 spiro atoms. The summed E-state index contributed by atoms with van der Waals surface area (Å²) in [6.45, 7) is 16.8. The third-order valence-electron chi connectivity index (χ3n) is 10.7. The highest BCUT2D eigenvalue weighted by Crippen LogP contribution is 2.43. The van der Waals surface area contributed by atoms with E-state index in [2.05, 4.69) is 78.6 Å². The molecule has 1 aromatic heterocycles. The highest BCUT2D eigenvalue weighted by atomic mass is 35.5. The van der Waals surface area contributed by atoms with Gasteiger partial charge in [-0.3, -0.25) is 14.4 Å². The maximum Gasteiger partial charge on any atom is 0.321 e. The molecule has 2 aliphatic rings. The summed E-state index contributed by atoms with van der Waals surface area (Å²) >= 11 is 0. The van der Waals surface area contributed by atoms with Gasteiger partial charge in [-0.2, -0.15) is 5.10 Å². The van der Waals surface area contributed by atoms with Gasteiger partial charge in [0.2, 0.25) is 0 Å². The van der Waals surface area contributed by atoms with Gasteiger partial charge < -0.3 is 10.0 Å². The van der Waals surface area contributed by atoms with Gasteiger partial charge in [0, 0.05) is 37.2 Å². The van der Waals surface area contributed by atoms with Crippen LogP contribution in [0.5, 0.6) is 0 Å². The highest BCUT2D eigenvalue weighted by molar-refractivity contribution is 5.86. The lowest BCUT2D eigenvalue weighted by Crippen LogP contribution is -2.47. The molecule has 0 bridgehead atoms. The molecule has 2 fully saturated rings. The van der Waals surface area contributed by atoms with Gasteiger partial charge in [0.05, 0.1) is 5.69 Å². The minimum Gasteiger partial charge on any atom is -0.480 e. The number of likely N-dealkylation sites (N-methyl/N-ethyl adjacent to an activating group) is 1. The Bertz CT molecular complexity index is 1470. The third-order valence-corrected chi connectivity index (χ3v) is 10.7. The van der Waals surface area contributed by atoms with E-state index in [1.807, 2.05) is 27.0 Å². The normalized spacial score (nSPS) is 20.8. The molecule has 0 radical (unpaired) electrons. The van der Waals surface area contributed by atoms with Gasteiger partial charge in [0.1, 0.15) is 11.9 Å². The average Bonchev–Trinajstić information content (AvgIpc) is 3.61. The first-order valence-corrected chi connectivity index (χ1v) is 17.4. The van der Waals surface area contributed by atoms with Crippen LogP contribution >= 0.6 is 37.2 Å². The number of carboxylic acids is 1. The molecule has 5 rings (SSSR count). The topological polar surface area (TPSA) is 61.6 Å². The minimum absolute atomic E-state index is 0. The SMILES string of the molecule is CCn1nc(Cc2ccc(C(C)(C)C)cc2)cc1C1CCN(CC2CC(N(C)[C@@H](C(=O)O)C(C)C)CC2c2cccc(F)c2)CC1.Cl.Cl.Cl. The number of hydrogen-bond acceptors (Lipinski definition) is 4. The number of halogens is 4. The first-order valence-electron chi connectivity index (χ1n) is 17.4. The Balaban J connectivity index is 0.00000278. The molecule has 1 N–H and O–H groups in total. The Morgan fingerprint density at radius 2 is 1.67 bits per heavy atom. The predicted molar refractivity (Wildman–Crippen MR) is 206 cm³/mol. The summed E-state index contributed by atoms with van der Waals surface area (Å²) in [6, 6.07) is 18.0. The van der Waals surface area contributed by atoms with Gasteiger partial charge >= 0.3 is 5.97 Å². The van der Waals surface area contributed by atoms with Crippen LogP contribution in [0.4, 0.5) is 4.39 Å². The molecule has 1 saturated heterocycles. The first kappa shape index (κ1) is 43.0. The summed E-state index contributed by atoms with van der Waals surface area (Å²) in [4.78, 5) is 16.8. The van der Waals surface area contributed by atoms with Gasteiger partial charge in [0.25, 0.3) is 0 Å². The van der Waals surface area contributed by atoms with E-state index < -0.39 is 12.0 Å². The van der Waals surface area contributed by atoms with Crippen LogP contribution in [0.2, 0.25) is 0 Å². The van der Waals surface area contributed by atoms with Crippen LogP contribution in [0.3, 0.4) is 0 Å². The zero-order valence-electron chi connectivity index (χ0n) is 30.3. The number of rotatable bonds is 11. The fourth-order valence-electron chi connectivity index (χ4n) is 8.16. The summed E-state index contributed by atoms with van der Waals surface area (Å²) in [5, 5.41) is 15.0. The van der Waals surface area contributed by atoms with Crippen LogP contribution in [0.15, 0.2) is 54.6 Å². The molecule has 1 aliphatic heterocycles. The number of aryl methyl sites for hydroxylation is 1. The lowest BCUT2D eigenvalue weighted by atomic mass is 9.86. The van der Waals surface area contributed by atoms with Gasteiger partial charge in [-0.15, -0.1) is 37.2 Å². The molecule has 10 heteroatoms. The van der Waals surface area contributed by atoms with Crippen molar-refractivity contribution in [2.24, 2.45) is 11.8 Å². The molecule has 0 amide bonds. The van der Waals surface area contributed by atoms with Crippen molar-refractivity contribution < 1.29 is 14.3 Å². The second-order valence-corrected chi connectivity index (χ2v) is 15.3. The van der Waals surface area contributed by atoms with Crippen molar-refractivity contribution in [3.8, 4) is 0 Å². The number of nitrogens with zero attached hydrogens (tertiary/aromatic N) is 4. The number of likely N-dealkylation sites (tertiary alicyclic amines) is 1. The maximum absolute atomic E-state index is 14.3. The molecule has 49 heavy (non-hydrogen) atoms. The molecule has 6 nitrogen and oxygen atoms in total. The quantitative estimate of drug-likeness (QED) is 0.213. The summed E-state index contributed by atoms with van der Waals surface area (Å²) in [6.07, 6.45) is 4.83. The van der Waals surface area contributed by atoms with Gasteiger partial charge in [-0.05, 0) is 111 Å². The van der Waals surface area contributed by atoms with Crippen molar-refractivity contribution in [2.75, 3.05) is 26.7 Å². The van der Waals surface area contributed by atoms with E-state index in [1.54, 1.807) is 6.07 Å². The molecule has 1 aliphatic carbocycles. The zero-order valence-corrected chi connectivity index (χ0v) is 32.7. The number of benzene rings is 2. The summed E-state index contributed by atoms with van der Waals surface area (Å²) in [7, 11) is 1.96. The van der Waals surface area contributed by atoms with E-state index >= 15 is 0 Å². The number of piperidine rings is 1. The molecule has 3 unspecified atom stereocenters.